The van der Waals surface area contributed by atoms with Crippen LogP contribution in [0.25, 0.3) is 10.8 Å². The molecule has 0 radical (unpaired) electrons. The van der Waals surface area contributed by atoms with Crippen molar-refractivity contribution < 1.29 is 37.1 Å². The first kappa shape index (κ1) is 36.1. The maximum Gasteiger partial charge on any atom is 0.408 e. The smallest absolute Gasteiger partial charge is 0.408 e. The van der Waals surface area contributed by atoms with Gasteiger partial charge in [0, 0.05) is 23.9 Å². The Morgan fingerprint density at radius 1 is 1.08 bits per heavy atom. The van der Waals surface area contributed by atoms with E-state index in [1.165, 1.54) is 11.0 Å². The molecule has 4 amide bonds. The van der Waals surface area contributed by atoms with Gasteiger partial charge in [-0.1, -0.05) is 45.0 Å². The second kappa shape index (κ2) is 12.9. The lowest BCUT2D eigenvalue weighted by Crippen LogP contribution is -2.60. The van der Waals surface area contributed by atoms with Crippen molar-refractivity contribution in [2.45, 2.75) is 109 Å². The van der Waals surface area contributed by atoms with Gasteiger partial charge >= 0.3 is 6.09 Å². The highest BCUT2D eigenvalue weighted by Gasteiger charge is 2.62. The van der Waals surface area contributed by atoms with Crippen LogP contribution in [0.15, 0.2) is 43.1 Å². The maximum atomic E-state index is 14.4. The van der Waals surface area contributed by atoms with Gasteiger partial charge in [-0.25, -0.2) is 18.2 Å². The number of aromatic nitrogens is 1. The number of ether oxygens (including phenoxy) is 2. The first-order valence-corrected chi connectivity index (χ1v) is 18.1. The number of pyridine rings is 1. The van der Waals surface area contributed by atoms with Crippen LogP contribution in [0.5, 0.6) is 5.88 Å². The Kier molecular flexibility index (Phi) is 9.52. The molecule has 49 heavy (non-hydrogen) atoms. The molecular formula is C35H47N5O8S. The second-order valence-corrected chi connectivity index (χ2v) is 17.4. The number of nitrogens with one attached hydrogen (secondary N) is 3. The zero-order valence-corrected chi connectivity index (χ0v) is 30.0. The number of likely N-dealkylation sites (tertiary alicyclic amines) is 1. The lowest BCUT2D eigenvalue weighted by Gasteiger charge is -2.36. The number of alkyl carbamates (subject to hydrolysis) is 1. The molecule has 2 saturated carbocycles. The minimum atomic E-state index is -3.89. The van der Waals surface area contributed by atoms with E-state index in [2.05, 4.69) is 26.9 Å². The number of sulfonamides is 1. The normalized spacial score (nSPS) is 24.5. The molecule has 3 fully saturated rings. The number of hydrogen-bond acceptors (Lipinski definition) is 9. The van der Waals surface area contributed by atoms with Crippen LogP contribution in [0.3, 0.4) is 0 Å². The number of rotatable bonds is 10. The fraction of sp³-hybridized carbons (Fsp3) is 0.571. The molecule has 0 bridgehead atoms. The van der Waals surface area contributed by atoms with Crippen LogP contribution in [0.1, 0.15) is 72.8 Å². The molecule has 3 aliphatic rings. The van der Waals surface area contributed by atoms with Crippen molar-refractivity contribution in [3.8, 4) is 5.88 Å². The Balaban J connectivity index is 1.44. The third-order valence-corrected chi connectivity index (χ3v) is 10.9. The van der Waals surface area contributed by atoms with E-state index in [0.717, 1.165) is 16.3 Å². The number of carbonyl (C=O) groups is 4. The molecule has 1 unspecified atom stereocenters. The average molecular weight is 698 g/mol. The number of hydrogen-bond donors (Lipinski definition) is 3. The molecule has 5 atom stereocenters. The number of aryl methyl sites for hydroxylation is 1. The molecule has 13 nitrogen and oxygen atoms in total. The summed E-state index contributed by atoms with van der Waals surface area (Å²) >= 11 is 0. The van der Waals surface area contributed by atoms with Crippen molar-refractivity contribution in [1.29, 1.82) is 0 Å². The van der Waals surface area contributed by atoms with Gasteiger partial charge in [-0.15, -0.1) is 6.58 Å². The molecule has 1 aliphatic heterocycles. The van der Waals surface area contributed by atoms with Gasteiger partial charge in [-0.05, 0) is 69.4 Å². The monoisotopic (exact) mass is 697 g/mol. The molecule has 14 heteroatoms. The Morgan fingerprint density at radius 3 is 2.31 bits per heavy atom. The summed E-state index contributed by atoms with van der Waals surface area (Å²) < 4.78 is 39.3. The van der Waals surface area contributed by atoms with Crippen molar-refractivity contribution in [1.82, 2.24) is 25.2 Å². The predicted molar refractivity (Wildman–Crippen MR) is 183 cm³/mol. The van der Waals surface area contributed by atoms with Gasteiger partial charge in [-0.3, -0.25) is 19.1 Å². The van der Waals surface area contributed by atoms with Gasteiger partial charge in [0.2, 0.25) is 27.7 Å². The molecular weight excluding hydrogens is 650 g/mol. The fourth-order valence-electron chi connectivity index (χ4n) is 6.19. The Bertz CT molecular complexity index is 1780. The van der Waals surface area contributed by atoms with Crippen LogP contribution in [-0.2, 0) is 29.1 Å². The molecule has 1 saturated heterocycles. The maximum absolute atomic E-state index is 14.4. The lowest BCUT2D eigenvalue weighted by molar-refractivity contribution is -0.143. The van der Waals surface area contributed by atoms with Gasteiger partial charge < -0.3 is 25.0 Å². The van der Waals surface area contributed by atoms with E-state index >= 15 is 0 Å². The lowest BCUT2D eigenvalue weighted by atomic mass is 9.85. The standard InChI is InChI=1S/C35H47N5O8S/c1-9-21-17-35(21,31(43)39-49(45,46)23-14-15-23)38-28(41)26-16-22(47-29-25-13-11-10-12-24(25)20(2)18-36-29)19-40(26)30(42)27(33(3,4)5)37-32(44)48-34(6,7)8/h9-13,18,21-23,26-27H,1,14-17,19H2,2-8H3,(H,37,44)(H,38,41)(H,39,43)/t21-,22-,26?,27-,35-/m1/s1. The summed E-state index contributed by atoms with van der Waals surface area (Å²) in [5.41, 5.74) is -2.20. The largest absolute Gasteiger partial charge is 0.472 e. The number of carbonyl (C=O) groups excluding carboxylic acids is 4. The number of fused-ring (bicyclic) bond motifs is 1. The average Bonchev–Trinajstić information content (AvgIpc) is 3.92. The van der Waals surface area contributed by atoms with Crippen molar-refractivity contribution in [3.63, 3.8) is 0 Å². The van der Waals surface area contributed by atoms with E-state index in [-0.39, 0.29) is 19.4 Å². The SMILES string of the molecule is C=C[C@@H]1C[C@]1(NC(=O)C1C[C@@H](Oc2ncc(C)c3ccccc23)CN1C(=O)[C@@H](NC(=O)OC(C)(C)C)C(C)(C)C)C(=O)NS(=O)(=O)C1CC1. The highest BCUT2D eigenvalue weighted by Crippen LogP contribution is 2.45. The minimum absolute atomic E-state index is 0.0243. The second-order valence-electron chi connectivity index (χ2n) is 15.4. The zero-order valence-electron chi connectivity index (χ0n) is 29.2. The summed E-state index contributed by atoms with van der Waals surface area (Å²) in [4.78, 5) is 60.7. The minimum Gasteiger partial charge on any atom is -0.472 e. The third kappa shape index (κ3) is 7.84. The highest BCUT2D eigenvalue weighted by molar-refractivity contribution is 7.91. The van der Waals surface area contributed by atoms with Crippen molar-refractivity contribution in [2.24, 2.45) is 11.3 Å². The molecule has 1 aromatic heterocycles. The summed E-state index contributed by atoms with van der Waals surface area (Å²) in [6, 6.07) is 5.39. The quantitative estimate of drug-likeness (QED) is 0.314. The molecule has 2 aromatic rings. The molecule has 266 valence electrons. The Morgan fingerprint density at radius 2 is 1.73 bits per heavy atom. The Labute approximate surface area is 287 Å². The van der Waals surface area contributed by atoms with Crippen LogP contribution in [0.4, 0.5) is 4.79 Å². The van der Waals surface area contributed by atoms with E-state index in [0.29, 0.717) is 18.7 Å². The van der Waals surface area contributed by atoms with Gasteiger partial charge in [0.05, 0.1) is 11.8 Å². The van der Waals surface area contributed by atoms with E-state index in [1.807, 2.05) is 31.2 Å². The fourth-order valence-corrected chi connectivity index (χ4v) is 7.56. The summed E-state index contributed by atoms with van der Waals surface area (Å²) in [5.74, 6) is -2.21. The van der Waals surface area contributed by atoms with Crippen LogP contribution in [-0.4, -0.2) is 83.2 Å². The van der Waals surface area contributed by atoms with Crippen molar-refractivity contribution in [3.05, 3.63) is 48.7 Å². The third-order valence-electron chi connectivity index (χ3n) is 9.11. The van der Waals surface area contributed by atoms with E-state index in [1.54, 1.807) is 47.7 Å². The summed E-state index contributed by atoms with van der Waals surface area (Å²) in [6.45, 7) is 16.2. The number of amides is 4. The zero-order chi connectivity index (χ0) is 36.1. The first-order chi connectivity index (χ1) is 22.8. The van der Waals surface area contributed by atoms with Gasteiger partial charge in [-0.2, -0.15) is 0 Å². The van der Waals surface area contributed by atoms with Gasteiger partial charge in [0.1, 0.15) is 29.3 Å². The highest BCUT2D eigenvalue weighted by atomic mass is 32.2. The van der Waals surface area contributed by atoms with E-state index < -0.39 is 79.7 Å². The van der Waals surface area contributed by atoms with Crippen LogP contribution < -0.4 is 20.1 Å². The van der Waals surface area contributed by atoms with Crippen LogP contribution in [0.2, 0.25) is 0 Å². The van der Waals surface area contributed by atoms with Crippen LogP contribution >= 0.6 is 0 Å². The predicted octanol–water partition coefficient (Wildman–Crippen LogP) is 3.50. The molecule has 1 aromatic carbocycles. The molecule has 2 aliphatic carbocycles. The van der Waals surface area contributed by atoms with Crippen LogP contribution in [0, 0.1) is 18.3 Å². The molecule has 0 spiro atoms. The van der Waals surface area contributed by atoms with E-state index in [4.69, 9.17) is 9.47 Å². The summed E-state index contributed by atoms with van der Waals surface area (Å²) in [7, 11) is -3.89. The van der Waals surface area contributed by atoms with Gasteiger partial charge in [0.25, 0.3) is 5.91 Å². The topological polar surface area (TPSA) is 173 Å². The first-order valence-electron chi connectivity index (χ1n) is 16.6. The van der Waals surface area contributed by atoms with Crippen molar-refractivity contribution >= 4 is 44.6 Å². The molecule has 3 N–H and O–H groups in total. The number of benzene rings is 1. The van der Waals surface area contributed by atoms with Crippen molar-refractivity contribution in [2.75, 3.05) is 6.54 Å². The summed E-state index contributed by atoms with van der Waals surface area (Å²) in [6.07, 6.45) is 2.84. The molecule has 5 rings (SSSR count). The summed E-state index contributed by atoms with van der Waals surface area (Å²) in [5, 5.41) is 6.56. The Hall–Kier alpha value is -4.20. The molecule has 2 heterocycles. The van der Waals surface area contributed by atoms with Gasteiger partial charge in [0.15, 0.2) is 0 Å². The van der Waals surface area contributed by atoms with E-state index in [9.17, 15) is 27.6 Å². The number of nitrogens with zero attached hydrogens (tertiary/aromatic N) is 2.